The molecular formula is C14H17NO4S. The van der Waals surface area contributed by atoms with Gasteiger partial charge in [0.05, 0.1) is 24.1 Å². The number of carbonyl (C=O) groups is 1. The van der Waals surface area contributed by atoms with E-state index in [9.17, 15) is 13.2 Å². The van der Waals surface area contributed by atoms with Crippen LogP contribution in [-0.4, -0.2) is 32.7 Å². The molecule has 1 amide bonds. The maximum atomic E-state index is 11.9. The first-order valence-electron chi connectivity index (χ1n) is 6.37. The zero-order valence-electron chi connectivity index (χ0n) is 11.4. The van der Waals surface area contributed by atoms with Crippen LogP contribution in [0.4, 0.5) is 5.69 Å². The van der Waals surface area contributed by atoms with Gasteiger partial charge in [0.2, 0.25) is 5.91 Å². The zero-order chi connectivity index (χ0) is 14.8. The molecule has 0 saturated carbocycles. The van der Waals surface area contributed by atoms with Gasteiger partial charge in [-0.05, 0) is 25.1 Å². The number of nitrogens with zero attached hydrogens (tertiary/aromatic N) is 1. The van der Waals surface area contributed by atoms with E-state index in [0.717, 1.165) is 5.41 Å². The number of benzene rings is 1. The van der Waals surface area contributed by atoms with Crippen molar-refractivity contribution in [1.82, 2.24) is 0 Å². The largest absolute Gasteiger partial charge is 0.492 e. The molecule has 2 rings (SSSR count). The Morgan fingerprint density at radius 1 is 1.40 bits per heavy atom. The van der Waals surface area contributed by atoms with Gasteiger partial charge in [-0.25, -0.2) is 8.42 Å². The minimum Gasteiger partial charge on any atom is -0.492 e. The van der Waals surface area contributed by atoms with Crippen LogP contribution in [0.1, 0.15) is 13.8 Å². The highest BCUT2D eigenvalue weighted by atomic mass is 32.2. The maximum Gasteiger partial charge on any atom is 0.224 e. The predicted octanol–water partition coefficient (Wildman–Crippen LogP) is 1.75. The van der Waals surface area contributed by atoms with Gasteiger partial charge in [-0.15, -0.1) is 0 Å². The summed E-state index contributed by atoms with van der Waals surface area (Å²) in [5.41, 5.74) is 0.591. The Bertz CT molecular complexity index is 636. The number of anilines is 1. The molecule has 0 bridgehead atoms. The molecule has 0 radical (unpaired) electrons. The molecule has 5 nitrogen and oxygen atoms in total. The van der Waals surface area contributed by atoms with Gasteiger partial charge in [-0.2, -0.15) is 0 Å². The van der Waals surface area contributed by atoms with Crippen molar-refractivity contribution in [3.8, 4) is 5.75 Å². The van der Waals surface area contributed by atoms with E-state index < -0.39 is 15.9 Å². The van der Waals surface area contributed by atoms with Crippen LogP contribution in [0.5, 0.6) is 5.75 Å². The highest BCUT2D eigenvalue weighted by Crippen LogP contribution is 2.31. The lowest BCUT2D eigenvalue weighted by Crippen LogP contribution is -2.40. The number of hydrogen-bond acceptors (Lipinski definition) is 4. The van der Waals surface area contributed by atoms with Crippen LogP contribution >= 0.6 is 0 Å². The average Bonchev–Trinajstić information content (AvgIpc) is 2.72. The highest BCUT2D eigenvalue weighted by molar-refractivity contribution is 7.94. The number of amides is 1. The number of hydrogen-bond donors (Lipinski definition) is 0. The van der Waals surface area contributed by atoms with Crippen molar-refractivity contribution in [1.29, 1.82) is 0 Å². The molecule has 0 aromatic heterocycles. The van der Waals surface area contributed by atoms with Gasteiger partial charge < -0.3 is 9.64 Å². The van der Waals surface area contributed by atoms with Crippen molar-refractivity contribution in [3.05, 3.63) is 35.7 Å². The summed E-state index contributed by atoms with van der Waals surface area (Å²) in [4.78, 5) is 13.4. The summed E-state index contributed by atoms with van der Waals surface area (Å²) < 4.78 is 28.6. The lowest BCUT2D eigenvalue weighted by molar-refractivity contribution is -0.116. The topological polar surface area (TPSA) is 63.7 Å². The Balaban J connectivity index is 2.40. The minimum absolute atomic E-state index is 0.0902. The number of para-hydroxylation sites is 2. The molecule has 0 unspecified atom stereocenters. The second-order valence-electron chi connectivity index (χ2n) is 4.52. The van der Waals surface area contributed by atoms with E-state index in [0.29, 0.717) is 18.0 Å². The summed E-state index contributed by atoms with van der Waals surface area (Å²) >= 11 is 0. The van der Waals surface area contributed by atoms with Crippen molar-refractivity contribution in [2.45, 2.75) is 19.9 Å². The second-order valence-corrected chi connectivity index (χ2v) is 6.45. The lowest BCUT2D eigenvalue weighted by atomic mass is 10.2. The molecule has 20 heavy (non-hydrogen) atoms. The molecule has 0 aliphatic carbocycles. The fraction of sp³-hybridized carbons (Fsp3) is 0.357. The molecule has 6 heteroatoms. The number of sulfone groups is 1. The lowest BCUT2D eigenvalue weighted by Gasteiger charge is -2.28. The fourth-order valence-corrected chi connectivity index (χ4v) is 3.50. The third-order valence-electron chi connectivity index (χ3n) is 3.01. The first-order valence-corrected chi connectivity index (χ1v) is 8.08. The Morgan fingerprint density at radius 2 is 2.10 bits per heavy atom. The number of ether oxygens (including phenoxy) is 1. The monoisotopic (exact) mass is 295 g/mol. The van der Waals surface area contributed by atoms with Gasteiger partial charge in [0.15, 0.2) is 9.84 Å². The quantitative estimate of drug-likeness (QED) is 0.849. The van der Waals surface area contributed by atoms with Crippen LogP contribution in [0.25, 0.3) is 0 Å². The van der Waals surface area contributed by atoms with E-state index in [4.69, 9.17) is 4.74 Å². The van der Waals surface area contributed by atoms with Crippen LogP contribution in [0, 0.1) is 0 Å². The second kappa shape index (κ2) is 5.66. The summed E-state index contributed by atoms with van der Waals surface area (Å²) in [5, 5.41) is 1.16. The molecule has 1 aliphatic rings. The van der Waals surface area contributed by atoms with Gasteiger partial charge in [0.1, 0.15) is 5.75 Å². The summed E-state index contributed by atoms with van der Waals surface area (Å²) in [7, 11) is -3.22. The molecule has 0 saturated heterocycles. The van der Waals surface area contributed by atoms with E-state index in [-0.39, 0.29) is 11.7 Å². The van der Waals surface area contributed by atoms with E-state index in [1.54, 1.807) is 24.3 Å². The van der Waals surface area contributed by atoms with Crippen molar-refractivity contribution in [2.24, 2.45) is 0 Å². The van der Waals surface area contributed by atoms with E-state index >= 15 is 0 Å². The van der Waals surface area contributed by atoms with Crippen LogP contribution in [0.3, 0.4) is 0 Å². The van der Waals surface area contributed by atoms with Gasteiger partial charge >= 0.3 is 0 Å². The zero-order valence-corrected chi connectivity index (χ0v) is 12.3. The minimum atomic E-state index is -3.22. The third kappa shape index (κ3) is 3.01. The number of rotatable bonds is 4. The van der Waals surface area contributed by atoms with Crippen molar-refractivity contribution in [3.63, 3.8) is 0 Å². The summed E-state index contributed by atoms with van der Waals surface area (Å²) in [6.07, 6.45) is 1.54. The SMILES string of the molecule is CCOc1ccccc1N(C(C)=O)[C@H]1C=CS(=O)(=O)C1. The van der Waals surface area contributed by atoms with Gasteiger partial charge in [-0.3, -0.25) is 4.79 Å². The standard InChI is InChI=1S/C14H17NO4S/c1-3-19-14-7-5-4-6-13(14)15(11(2)16)12-8-9-20(17,18)10-12/h4-9,12H,3,10H2,1-2H3/t12-/m0/s1. The Labute approximate surface area is 118 Å². The summed E-state index contributed by atoms with van der Waals surface area (Å²) in [5.74, 6) is 0.263. The summed E-state index contributed by atoms with van der Waals surface area (Å²) in [6, 6.07) is 6.64. The molecule has 1 atom stereocenters. The third-order valence-corrected chi connectivity index (χ3v) is 4.38. The van der Waals surface area contributed by atoms with Crippen molar-refractivity contribution < 1.29 is 17.9 Å². The van der Waals surface area contributed by atoms with Gasteiger partial charge in [0, 0.05) is 12.3 Å². The first kappa shape index (κ1) is 14.6. The van der Waals surface area contributed by atoms with Crippen molar-refractivity contribution in [2.75, 3.05) is 17.3 Å². The molecule has 0 fully saturated rings. The highest BCUT2D eigenvalue weighted by Gasteiger charge is 2.31. The Morgan fingerprint density at radius 3 is 2.65 bits per heavy atom. The van der Waals surface area contributed by atoms with Crippen LogP contribution in [0.15, 0.2) is 35.7 Å². The first-order chi connectivity index (χ1) is 9.44. The normalized spacial score (nSPS) is 19.8. The Kier molecular flexibility index (Phi) is 4.13. The van der Waals surface area contributed by atoms with Crippen LogP contribution < -0.4 is 9.64 Å². The fourth-order valence-electron chi connectivity index (χ4n) is 2.24. The van der Waals surface area contributed by atoms with Gasteiger partial charge in [-0.1, -0.05) is 12.1 Å². The molecule has 1 aromatic rings. The van der Waals surface area contributed by atoms with E-state index in [2.05, 4.69) is 0 Å². The predicted molar refractivity (Wildman–Crippen MR) is 77.5 cm³/mol. The molecule has 1 heterocycles. The van der Waals surface area contributed by atoms with E-state index in [1.165, 1.54) is 11.8 Å². The maximum absolute atomic E-state index is 11.9. The molecule has 1 aromatic carbocycles. The molecule has 0 N–H and O–H groups in total. The van der Waals surface area contributed by atoms with Gasteiger partial charge in [0.25, 0.3) is 0 Å². The molecule has 108 valence electrons. The summed E-state index contributed by atoms with van der Waals surface area (Å²) in [6.45, 7) is 3.75. The van der Waals surface area contributed by atoms with Crippen LogP contribution in [0.2, 0.25) is 0 Å². The smallest absolute Gasteiger partial charge is 0.224 e. The molecular weight excluding hydrogens is 278 g/mol. The molecule has 0 spiro atoms. The average molecular weight is 295 g/mol. The van der Waals surface area contributed by atoms with Crippen LogP contribution in [-0.2, 0) is 14.6 Å². The molecule has 1 aliphatic heterocycles. The van der Waals surface area contributed by atoms with Crippen molar-refractivity contribution >= 4 is 21.4 Å². The van der Waals surface area contributed by atoms with E-state index in [1.807, 2.05) is 13.0 Å². The Hall–Kier alpha value is -1.82. The number of carbonyl (C=O) groups excluding carboxylic acids is 1.